The van der Waals surface area contributed by atoms with Gasteiger partial charge < -0.3 is 5.11 Å². The number of allylic oxidation sites excluding steroid dienone is 7. The average Bonchev–Trinajstić information content (AvgIpc) is 2.35. The number of aliphatic hydroxyl groups excluding tert-OH is 1. The van der Waals surface area contributed by atoms with Crippen LogP contribution in [0.4, 0.5) is 0 Å². The maximum Gasteiger partial charge on any atom is 0.0615 e. The molecule has 0 radical (unpaired) electrons. The molecule has 114 valence electrons. The monoisotopic (exact) mass is 276 g/mol. The number of rotatable bonds is 9. The zero-order valence-electron chi connectivity index (χ0n) is 14.0. The van der Waals surface area contributed by atoms with Gasteiger partial charge in [-0.25, -0.2) is 0 Å². The molecule has 0 rings (SSSR count). The Kier molecular flexibility index (Phi) is 11.1. The summed E-state index contributed by atoms with van der Waals surface area (Å²) in [6.45, 7) is 10.9. The van der Waals surface area contributed by atoms with Gasteiger partial charge in [-0.1, -0.05) is 46.6 Å². The average molecular weight is 276 g/mol. The largest absolute Gasteiger partial charge is 0.392 e. The van der Waals surface area contributed by atoms with Crippen LogP contribution in [-0.2, 0) is 0 Å². The summed E-state index contributed by atoms with van der Waals surface area (Å²) in [6.07, 6.45) is 14.2. The predicted molar refractivity (Wildman–Crippen MR) is 90.9 cm³/mol. The SMILES string of the molecule is CC(C)=CCC/C(C)=C/CC/C(=C/CO)CC=C(C)C. The first-order valence-electron chi connectivity index (χ1n) is 7.66. The van der Waals surface area contributed by atoms with Crippen molar-refractivity contribution >= 4 is 0 Å². The van der Waals surface area contributed by atoms with Crippen molar-refractivity contribution in [1.82, 2.24) is 0 Å². The van der Waals surface area contributed by atoms with Gasteiger partial charge in [0.15, 0.2) is 0 Å². The van der Waals surface area contributed by atoms with Gasteiger partial charge >= 0.3 is 0 Å². The van der Waals surface area contributed by atoms with Gasteiger partial charge in [-0.2, -0.15) is 0 Å². The highest BCUT2D eigenvalue weighted by molar-refractivity contribution is 5.12. The quantitative estimate of drug-likeness (QED) is 0.533. The minimum absolute atomic E-state index is 0.148. The minimum Gasteiger partial charge on any atom is -0.392 e. The first-order valence-corrected chi connectivity index (χ1v) is 7.66. The summed E-state index contributed by atoms with van der Waals surface area (Å²) in [5.74, 6) is 0. The fourth-order valence-electron chi connectivity index (χ4n) is 1.95. The van der Waals surface area contributed by atoms with Crippen molar-refractivity contribution in [1.29, 1.82) is 0 Å². The van der Waals surface area contributed by atoms with Crippen LogP contribution in [0.1, 0.15) is 66.7 Å². The summed E-state index contributed by atoms with van der Waals surface area (Å²) < 4.78 is 0. The van der Waals surface area contributed by atoms with E-state index < -0.39 is 0 Å². The van der Waals surface area contributed by atoms with Crippen LogP contribution in [0.25, 0.3) is 0 Å². The third-order valence-corrected chi connectivity index (χ3v) is 3.20. The summed E-state index contributed by atoms with van der Waals surface area (Å²) in [5.41, 5.74) is 5.53. The van der Waals surface area contributed by atoms with Gasteiger partial charge in [-0.05, 0) is 66.7 Å². The third kappa shape index (κ3) is 12.0. The second-order valence-electron chi connectivity index (χ2n) is 5.94. The molecule has 20 heavy (non-hydrogen) atoms. The van der Waals surface area contributed by atoms with Gasteiger partial charge in [-0.15, -0.1) is 0 Å². The molecule has 0 aromatic heterocycles. The molecule has 0 aromatic rings. The van der Waals surface area contributed by atoms with Crippen molar-refractivity contribution in [3.63, 3.8) is 0 Å². The van der Waals surface area contributed by atoms with Crippen LogP contribution in [-0.4, -0.2) is 11.7 Å². The lowest BCUT2D eigenvalue weighted by atomic mass is 10.0. The molecule has 0 aliphatic carbocycles. The van der Waals surface area contributed by atoms with Gasteiger partial charge in [0.05, 0.1) is 6.61 Å². The van der Waals surface area contributed by atoms with Gasteiger partial charge in [0.2, 0.25) is 0 Å². The Balaban J connectivity index is 4.18. The van der Waals surface area contributed by atoms with Crippen LogP contribution in [0.15, 0.2) is 46.6 Å². The van der Waals surface area contributed by atoms with Crippen LogP contribution in [0.5, 0.6) is 0 Å². The topological polar surface area (TPSA) is 20.2 Å². The molecular formula is C19H32O. The first-order chi connectivity index (χ1) is 9.45. The van der Waals surface area contributed by atoms with Crippen molar-refractivity contribution in [2.75, 3.05) is 6.61 Å². The van der Waals surface area contributed by atoms with Crippen molar-refractivity contribution in [2.24, 2.45) is 0 Å². The van der Waals surface area contributed by atoms with Crippen molar-refractivity contribution in [2.45, 2.75) is 66.7 Å². The van der Waals surface area contributed by atoms with E-state index in [-0.39, 0.29) is 6.61 Å². The van der Waals surface area contributed by atoms with E-state index in [4.69, 9.17) is 5.11 Å². The van der Waals surface area contributed by atoms with E-state index >= 15 is 0 Å². The zero-order chi connectivity index (χ0) is 15.4. The standard InChI is InChI=1S/C19H32O/c1-16(2)8-6-9-18(5)10-7-11-19(14-15-20)13-12-17(3)4/h8,10,12,14,20H,6-7,9,11,13,15H2,1-5H3/b18-10+,19-14-. The molecule has 0 spiro atoms. The molecule has 0 atom stereocenters. The van der Waals surface area contributed by atoms with Crippen molar-refractivity contribution in [3.8, 4) is 0 Å². The summed E-state index contributed by atoms with van der Waals surface area (Å²) in [6, 6.07) is 0. The number of hydrogen-bond acceptors (Lipinski definition) is 1. The molecule has 0 fully saturated rings. The molecule has 0 aromatic carbocycles. The molecule has 0 heterocycles. The lowest BCUT2D eigenvalue weighted by molar-refractivity contribution is 0.341. The Hall–Kier alpha value is -1.08. The van der Waals surface area contributed by atoms with Gasteiger partial charge in [-0.3, -0.25) is 0 Å². The van der Waals surface area contributed by atoms with E-state index in [0.29, 0.717) is 0 Å². The Labute approximate surface area is 125 Å². The number of aliphatic hydroxyl groups is 1. The fourth-order valence-corrected chi connectivity index (χ4v) is 1.95. The third-order valence-electron chi connectivity index (χ3n) is 3.20. The Morgan fingerprint density at radius 1 is 0.750 bits per heavy atom. The molecule has 0 amide bonds. The van der Waals surface area contributed by atoms with E-state index in [2.05, 4.69) is 52.8 Å². The Morgan fingerprint density at radius 3 is 1.90 bits per heavy atom. The zero-order valence-corrected chi connectivity index (χ0v) is 14.0. The maximum absolute atomic E-state index is 9.06. The molecule has 0 saturated carbocycles. The Morgan fingerprint density at radius 2 is 1.35 bits per heavy atom. The maximum atomic E-state index is 9.06. The van der Waals surface area contributed by atoms with E-state index in [9.17, 15) is 0 Å². The summed E-state index contributed by atoms with van der Waals surface area (Å²) in [4.78, 5) is 0. The van der Waals surface area contributed by atoms with Crippen LogP contribution in [0.3, 0.4) is 0 Å². The second kappa shape index (κ2) is 11.7. The number of hydrogen-bond donors (Lipinski definition) is 1. The summed E-state index contributed by atoms with van der Waals surface area (Å²) in [5, 5.41) is 9.06. The minimum atomic E-state index is 0.148. The molecule has 0 aliphatic heterocycles. The van der Waals surface area contributed by atoms with E-state index in [1.807, 2.05) is 6.08 Å². The van der Waals surface area contributed by atoms with Gasteiger partial charge in [0.1, 0.15) is 0 Å². The molecule has 0 aliphatic rings. The van der Waals surface area contributed by atoms with Gasteiger partial charge in [0.25, 0.3) is 0 Å². The normalized spacial score (nSPS) is 12.3. The van der Waals surface area contributed by atoms with E-state index in [1.165, 1.54) is 22.3 Å². The highest BCUT2D eigenvalue weighted by Crippen LogP contribution is 2.15. The molecule has 1 N–H and O–H groups in total. The lowest BCUT2D eigenvalue weighted by Gasteiger charge is -2.04. The van der Waals surface area contributed by atoms with Crippen LogP contribution in [0, 0.1) is 0 Å². The van der Waals surface area contributed by atoms with Gasteiger partial charge in [0, 0.05) is 0 Å². The van der Waals surface area contributed by atoms with Crippen LogP contribution in [0.2, 0.25) is 0 Å². The predicted octanol–water partition coefficient (Wildman–Crippen LogP) is 5.73. The van der Waals surface area contributed by atoms with E-state index in [0.717, 1.165) is 32.1 Å². The molecule has 1 nitrogen and oxygen atoms in total. The van der Waals surface area contributed by atoms with Crippen LogP contribution < -0.4 is 0 Å². The molecule has 0 bridgehead atoms. The highest BCUT2D eigenvalue weighted by atomic mass is 16.2. The smallest absolute Gasteiger partial charge is 0.0615 e. The second-order valence-corrected chi connectivity index (χ2v) is 5.94. The highest BCUT2D eigenvalue weighted by Gasteiger charge is 1.96. The summed E-state index contributed by atoms with van der Waals surface area (Å²) in [7, 11) is 0. The molecule has 0 saturated heterocycles. The van der Waals surface area contributed by atoms with E-state index in [1.54, 1.807) is 0 Å². The van der Waals surface area contributed by atoms with Crippen molar-refractivity contribution < 1.29 is 5.11 Å². The van der Waals surface area contributed by atoms with Crippen LogP contribution >= 0.6 is 0 Å². The molecule has 1 heteroatoms. The fraction of sp³-hybridized carbons (Fsp3) is 0.579. The summed E-state index contributed by atoms with van der Waals surface area (Å²) >= 11 is 0. The van der Waals surface area contributed by atoms with Crippen molar-refractivity contribution in [3.05, 3.63) is 46.6 Å². The Bertz CT molecular complexity index is 373. The first kappa shape index (κ1) is 18.9. The lowest BCUT2D eigenvalue weighted by Crippen LogP contribution is -1.87. The molecule has 0 unspecified atom stereocenters. The molecular weight excluding hydrogens is 244 g/mol.